The van der Waals surface area contributed by atoms with Gasteiger partial charge in [0.25, 0.3) is 0 Å². The lowest BCUT2D eigenvalue weighted by atomic mass is 9.95. The average Bonchev–Trinajstić information content (AvgIpc) is 2.37. The molecule has 1 heterocycles. The fraction of sp³-hybridized carbons (Fsp3) is 0.750. The molecule has 0 unspecified atom stereocenters. The molecule has 5 nitrogen and oxygen atoms in total. The molecule has 0 atom stereocenters. The summed E-state index contributed by atoms with van der Waals surface area (Å²) < 4.78 is 5.89. The number of rotatable bonds is 7. The van der Waals surface area contributed by atoms with E-state index >= 15 is 0 Å². The predicted molar refractivity (Wildman–Crippen MR) is 88.3 cm³/mol. The van der Waals surface area contributed by atoms with E-state index in [2.05, 4.69) is 62.0 Å². The first-order valence-electron chi connectivity index (χ1n) is 7.66. The standard InChI is InChI=1S/C16H30N4O/c1-8-17-13-12(2)14(21-11-9-10-20(6)7)19-15(18-13)16(3,4)5/h8-11H2,1-7H3,(H,17,18,19). The van der Waals surface area contributed by atoms with E-state index in [1.54, 1.807) is 0 Å². The van der Waals surface area contributed by atoms with Crippen molar-refractivity contribution in [2.45, 2.75) is 46.5 Å². The van der Waals surface area contributed by atoms with E-state index in [0.717, 1.165) is 36.7 Å². The Labute approximate surface area is 129 Å². The summed E-state index contributed by atoms with van der Waals surface area (Å²) in [6, 6.07) is 0. The van der Waals surface area contributed by atoms with E-state index in [0.29, 0.717) is 12.5 Å². The van der Waals surface area contributed by atoms with Crippen LogP contribution in [0.4, 0.5) is 5.82 Å². The summed E-state index contributed by atoms with van der Waals surface area (Å²) in [6.07, 6.45) is 0.984. The fourth-order valence-electron chi connectivity index (χ4n) is 1.86. The molecule has 5 heteroatoms. The molecule has 1 aromatic rings. The van der Waals surface area contributed by atoms with Crippen LogP contribution in [-0.2, 0) is 5.41 Å². The number of nitrogens with zero attached hydrogens (tertiary/aromatic N) is 3. The first kappa shape index (κ1) is 17.7. The van der Waals surface area contributed by atoms with Crippen LogP contribution in [0.3, 0.4) is 0 Å². The number of aromatic nitrogens is 2. The van der Waals surface area contributed by atoms with Gasteiger partial charge in [-0.15, -0.1) is 0 Å². The molecule has 1 rings (SSSR count). The number of hydrogen-bond acceptors (Lipinski definition) is 5. The van der Waals surface area contributed by atoms with Crippen molar-refractivity contribution in [2.24, 2.45) is 0 Å². The van der Waals surface area contributed by atoms with Crippen molar-refractivity contribution in [1.82, 2.24) is 14.9 Å². The molecule has 0 aromatic carbocycles. The Morgan fingerprint density at radius 1 is 1.19 bits per heavy atom. The highest BCUT2D eigenvalue weighted by molar-refractivity contribution is 5.49. The minimum Gasteiger partial charge on any atom is -0.477 e. The highest BCUT2D eigenvalue weighted by Crippen LogP contribution is 2.27. The highest BCUT2D eigenvalue weighted by atomic mass is 16.5. The Balaban J connectivity index is 2.92. The van der Waals surface area contributed by atoms with Gasteiger partial charge in [0.05, 0.1) is 12.2 Å². The van der Waals surface area contributed by atoms with Crippen molar-refractivity contribution in [3.05, 3.63) is 11.4 Å². The first-order chi connectivity index (χ1) is 9.75. The molecule has 0 fully saturated rings. The van der Waals surface area contributed by atoms with Gasteiger partial charge in [0.15, 0.2) is 0 Å². The largest absolute Gasteiger partial charge is 0.477 e. The predicted octanol–water partition coefficient (Wildman–Crippen LogP) is 2.84. The maximum atomic E-state index is 5.89. The van der Waals surface area contributed by atoms with Gasteiger partial charge in [0.1, 0.15) is 11.6 Å². The van der Waals surface area contributed by atoms with Crippen LogP contribution in [0, 0.1) is 6.92 Å². The molecule has 0 saturated carbocycles. The van der Waals surface area contributed by atoms with Crippen molar-refractivity contribution in [2.75, 3.05) is 39.1 Å². The summed E-state index contributed by atoms with van der Waals surface area (Å²) in [4.78, 5) is 11.4. The van der Waals surface area contributed by atoms with E-state index in [-0.39, 0.29) is 5.41 Å². The van der Waals surface area contributed by atoms with Gasteiger partial charge in [-0.2, -0.15) is 4.98 Å². The normalized spacial score (nSPS) is 11.8. The molecule has 0 aliphatic heterocycles. The lowest BCUT2D eigenvalue weighted by Crippen LogP contribution is -2.20. The summed E-state index contributed by atoms with van der Waals surface area (Å²) in [5.74, 6) is 2.39. The molecule has 120 valence electrons. The number of anilines is 1. The maximum absolute atomic E-state index is 5.89. The van der Waals surface area contributed by atoms with Crippen LogP contribution < -0.4 is 10.1 Å². The van der Waals surface area contributed by atoms with Gasteiger partial charge in [0.2, 0.25) is 5.88 Å². The Bertz CT molecular complexity index is 452. The van der Waals surface area contributed by atoms with Crippen LogP contribution in [-0.4, -0.2) is 48.7 Å². The van der Waals surface area contributed by atoms with Crippen molar-refractivity contribution < 1.29 is 4.74 Å². The van der Waals surface area contributed by atoms with E-state index in [1.165, 1.54) is 0 Å². The fourth-order valence-corrected chi connectivity index (χ4v) is 1.86. The van der Waals surface area contributed by atoms with Crippen LogP contribution in [0.5, 0.6) is 5.88 Å². The van der Waals surface area contributed by atoms with Gasteiger partial charge >= 0.3 is 0 Å². The van der Waals surface area contributed by atoms with Crippen molar-refractivity contribution in [1.29, 1.82) is 0 Å². The summed E-state index contributed by atoms with van der Waals surface area (Å²) in [6.45, 7) is 12.9. The Morgan fingerprint density at radius 3 is 2.38 bits per heavy atom. The smallest absolute Gasteiger partial charge is 0.221 e. The average molecular weight is 294 g/mol. The molecule has 0 radical (unpaired) electrons. The summed E-state index contributed by atoms with van der Waals surface area (Å²) in [7, 11) is 4.13. The molecule has 0 aliphatic carbocycles. The zero-order valence-corrected chi connectivity index (χ0v) is 14.6. The van der Waals surface area contributed by atoms with Gasteiger partial charge in [0, 0.05) is 18.5 Å². The highest BCUT2D eigenvalue weighted by Gasteiger charge is 2.21. The Morgan fingerprint density at radius 2 is 1.86 bits per heavy atom. The first-order valence-corrected chi connectivity index (χ1v) is 7.66. The second-order valence-corrected chi connectivity index (χ2v) is 6.61. The Hall–Kier alpha value is -1.36. The van der Waals surface area contributed by atoms with Crippen LogP contribution in [0.25, 0.3) is 0 Å². The molecule has 0 bridgehead atoms. The summed E-state index contributed by atoms with van der Waals surface area (Å²) in [5.41, 5.74) is 0.884. The topological polar surface area (TPSA) is 50.3 Å². The SMILES string of the molecule is CCNc1nc(C(C)(C)C)nc(OCCCN(C)C)c1C. The van der Waals surface area contributed by atoms with Crippen LogP contribution in [0.15, 0.2) is 0 Å². The molecule has 0 aliphatic rings. The number of hydrogen-bond donors (Lipinski definition) is 1. The van der Waals surface area contributed by atoms with Gasteiger partial charge in [-0.05, 0) is 34.4 Å². The van der Waals surface area contributed by atoms with Gasteiger partial charge in [-0.25, -0.2) is 4.98 Å². The molecule has 21 heavy (non-hydrogen) atoms. The molecular formula is C16H30N4O. The van der Waals surface area contributed by atoms with Crippen molar-refractivity contribution >= 4 is 5.82 Å². The second-order valence-electron chi connectivity index (χ2n) is 6.61. The monoisotopic (exact) mass is 294 g/mol. The minimum atomic E-state index is -0.0976. The van der Waals surface area contributed by atoms with Gasteiger partial charge < -0.3 is 15.0 Å². The van der Waals surface area contributed by atoms with Crippen LogP contribution >= 0.6 is 0 Å². The van der Waals surface area contributed by atoms with Gasteiger partial charge in [-0.1, -0.05) is 20.8 Å². The second kappa shape index (κ2) is 7.59. The van der Waals surface area contributed by atoms with E-state index in [9.17, 15) is 0 Å². The summed E-state index contributed by atoms with van der Waals surface area (Å²) >= 11 is 0. The maximum Gasteiger partial charge on any atom is 0.221 e. The molecule has 1 N–H and O–H groups in total. The summed E-state index contributed by atoms with van der Waals surface area (Å²) in [5, 5.41) is 3.30. The van der Waals surface area contributed by atoms with E-state index < -0.39 is 0 Å². The molecule has 0 saturated heterocycles. The van der Waals surface area contributed by atoms with Crippen molar-refractivity contribution in [3.63, 3.8) is 0 Å². The molecular weight excluding hydrogens is 264 g/mol. The lowest BCUT2D eigenvalue weighted by molar-refractivity contribution is 0.269. The Kier molecular flexibility index (Phi) is 6.40. The van der Waals surface area contributed by atoms with Gasteiger partial charge in [-0.3, -0.25) is 0 Å². The molecule has 0 spiro atoms. The van der Waals surface area contributed by atoms with Crippen LogP contribution in [0.1, 0.15) is 45.5 Å². The van der Waals surface area contributed by atoms with E-state index in [1.807, 2.05) is 6.92 Å². The third-order valence-electron chi connectivity index (χ3n) is 3.10. The zero-order valence-electron chi connectivity index (χ0n) is 14.6. The minimum absolute atomic E-state index is 0.0976. The van der Waals surface area contributed by atoms with Crippen LogP contribution in [0.2, 0.25) is 0 Å². The third kappa shape index (κ3) is 5.50. The molecule has 0 amide bonds. The zero-order chi connectivity index (χ0) is 16.0. The number of ether oxygens (including phenoxy) is 1. The lowest BCUT2D eigenvalue weighted by Gasteiger charge is -2.21. The quantitative estimate of drug-likeness (QED) is 0.784. The third-order valence-corrected chi connectivity index (χ3v) is 3.10. The van der Waals surface area contributed by atoms with Crippen molar-refractivity contribution in [3.8, 4) is 5.88 Å². The van der Waals surface area contributed by atoms with E-state index in [4.69, 9.17) is 4.74 Å². The number of nitrogens with one attached hydrogen (secondary N) is 1. The molecule has 1 aromatic heterocycles.